The molecule has 0 unspecified atom stereocenters. The molecule has 1 fully saturated rings. The van der Waals surface area contributed by atoms with Crippen molar-refractivity contribution in [2.75, 3.05) is 26.8 Å². The van der Waals surface area contributed by atoms with Crippen LogP contribution in [0.4, 0.5) is 0 Å². The molecule has 1 heterocycles. The lowest BCUT2D eigenvalue weighted by atomic mass is 9.72. The lowest BCUT2D eigenvalue weighted by Crippen LogP contribution is -2.49. The number of piperidine rings is 1. The maximum Gasteiger partial charge on any atom is 0.258 e. The van der Waals surface area contributed by atoms with Crippen molar-refractivity contribution in [2.45, 2.75) is 30.4 Å². The van der Waals surface area contributed by atoms with Crippen molar-refractivity contribution in [3.63, 3.8) is 0 Å². The Morgan fingerprint density at radius 2 is 1.81 bits per heavy atom. The van der Waals surface area contributed by atoms with Gasteiger partial charge >= 0.3 is 0 Å². The summed E-state index contributed by atoms with van der Waals surface area (Å²) in [4.78, 5) is 12.6. The van der Waals surface area contributed by atoms with Crippen LogP contribution < -0.4 is 15.4 Å². The van der Waals surface area contributed by atoms with Crippen molar-refractivity contribution < 1.29 is 14.3 Å². The van der Waals surface area contributed by atoms with Crippen molar-refractivity contribution in [1.82, 2.24) is 10.6 Å². The summed E-state index contributed by atoms with van der Waals surface area (Å²) in [5, 5.41) is 6.61. The molecule has 5 heteroatoms. The van der Waals surface area contributed by atoms with Gasteiger partial charge in [0.1, 0.15) is 5.75 Å². The molecule has 142 valence electrons. The second-order valence-corrected chi connectivity index (χ2v) is 7.30. The highest BCUT2D eigenvalue weighted by Crippen LogP contribution is 2.51. The molecule has 2 aromatic rings. The molecule has 1 saturated heterocycles. The van der Waals surface area contributed by atoms with Crippen LogP contribution in [0.15, 0.2) is 54.6 Å². The Hall–Kier alpha value is -2.37. The van der Waals surface area contributed by atoms with Gasteiger partial charge in [0.2, 0.25) is 0 Å². The first kappa shape index (κ1) is 18.0. The van der Waals surface area contributed by atoms with Gasteiger partial charge in [-0.25, -0.2) is 0 Å². The molecule has 1 amide bonds. The van der Waals surface area contributed by atoms with E-state index in [2.05, 4.69) is 28.8 Å². The van der Waals surface area contributed by atoms with Gasteiger partial charge in [0.25, 0.3) is 5.91 Å². The highest BCUT2D eigenvalue weighted by molar-refractivity contribution is 5.78. The van der Waals surface area contributed by atoms with Crippen LogP contribution in [0.25, 0.3) is 0 Å². The Morgan fingerprint density at radius 3 is 2.56 bits per heavy atom. The molecular formula is C22H26N2O3. The van der Waals surface area contributed by atoms with E-state index in [0.29, 0.717) is 5.75 Å². The second kappa shape index (κ2) is 7.71. The number of benzene rings is 2. The fraction of sp³-hybridized carbons (Fsp3) is 0.409. The molecule has 2 atom stereocenters. The van der Waals surface area contributed by atoms with E-state index in [-0.39, 0.29) is 30.1 Å². The second-order valence-electron chi connectivity index (χ2n) is 7.30. The number of amides is 1. The van der Waals surface area contributed by atoms with Crippen LogP contribution in [0.1, 0.15) is 30.0 Å². The summed E-state index contributed by atoms with van der Waals surface area (Å²) in [5.74, 6) is 0.560. The number of rotatable bonds is 5. The molecule has 2 aromatic carbocycles. The maximum absolute atomic E-state index is 12.6. The SMILES string of the molecule is CO[C@H]1[C@H](NC(=O)COc2ccccc2)c2ccccc2C12CCNCC2. The minimum Gasteiger partial charge on any atom is -0.484 e. The van der Waals surface area contributed by atoms with Crippen LogP contribution in [0.5, 0.6) is 5.75 Å². The predicted octanol–water partition coefficient (Wildman–Crippen LogP) is 2.57. The number of hydrogen-bond acceptors (Lipinski definition) is 4. The quantitative estimate of drug-likeness (QED) is 0.854. The summed E-state index contributed by atoms with van der Waals surface area (Å²) in [5.41, 5.74) is 2.43. The van der Waals surface area contributed by atoms with Crippen LogP contribution in [-0.4, -0.2) is 38.8 Å². The zero-order chi connectivity index (χ0) is 18.7. The average Bonchev–Trinajstić information content (AvgIpc) is 2.96. The summed E-state index contributed by atoms with van der Waals surface area (Å²) < 4.78 is 11.6. The standard InChI is InChI=1S/C22H26N2O3/c1-26-21-20(24-19(25)15-27-16-7-3-2-4-8-16)17-9-5-6-10-18(17)22(21)11-13-23-14-12-22/h2-10,20-21,23H,11-15H2,1H3,(H,24,25)/t20-,21+/m1/s1. The van der Waals surface area contributed by atoms with Crippen LogP contribution in [0.3, 0.4) is 0 Å². The van der Waals surface area contributed by atoms with E-state index in [1.54, 1.807) is 7.11 Å². The molecule has 2 N–H and O–H groups in total. The first-order valence-corrected chi connectivity index (χ1v) is 9.55. The van der Waals surface area contributed by atoms with Crippen molar-refractivity contribution >= 4 is 5.91 Å². The lowest BCUT2D eigenvalue weighted by molar-refractivity contribution is -0.125. The van der Waals surface area contributed by atoms with E-state index in [1.807, 2.05) is 36.4 Å². The topological polar surface area (TPSA) is 59.6 Å². The fourth-order valence-corrected chi connectivity index (χ4v) is 4.68. The summed E-state index contributed by atoms with van der Waals surface area (Å²) in [7, 11) is 1.75. The molecular weight excluding hydrogens is 340 g/mol. The van der Waals surface area contributed by atoms with Crippen LogP contribution in [0, 0.1) is 0 Å². The molecule has 0 radical (unpaired) electrons. The molecule has 0 aromatic heterocycles. The molecule has 1 aliphatic carbocycles. The third-order valence-electron chi connectivity index (χ3n) is 5.86. The van der Waals surface area contributed by atoms with Gasteiger partial charge in [-0.3, -0.25) is 4.79 Å². The van der Waals surface area contributed by atoms with E-state index < -0.39 is 0 Å². The summed E-state index contributed by atoms with van der Waals surface area (Å²) >= 11 is 0. The minimum atomic E-state index is -0.156. The Morgan fingerprint density at radius 1 is 1.11 bits per heavy atom. The molecule has 1 aliphatic heterocycles. The Kier molecular flexibility index (Phi) is 5.14. The van der Waals surface area contributed by atoms with Gasteiger partial charge < -0.3 is 20.1 Å². The van der Waals surface area contributed by atoms with Crippen LogP contribution in [-0.2, 0) is 14.9 Å². The molecule has 4 rings (SSSR count). The Labute approximate surface area is 160 Å². The third kappa shape index (κ3) is 3.33. The zero-order valence-corrected chi connectivity index (χ0v) is 15.6. The molecule has 0 saturated carbocycles. The van der Waals surface area contributed by atoms with Crippen molar-refractivity contribution in [3.05, 3.63) is 65.7 Å². The maximum atomic E-state index is 12.6. The van der Waals surface area contributed by atoms with Gasteiger partial charge in [0.15, 0.2) is 6.61 Å². The number of hydrogen-bond donors (Lipinski definition) is 2. The summed E-state index contributed by atoms with van der Waals surface area (Å²) in [6, 6.07) is 17.7. The van der Waals surface area contributed by atoms with Crippen LogP contribution in [0.2, 0.25) is 0 Å². The van der Waals surface area contributed by atoms with Crippen LogP contribution >= 0.6 is 0 Å². The monoisotopic (exact) mass is 366 g/mol. The predicted molar refractivity (Wildman–Crippen MR) is 104 cm³/mol. The number of ether oxygens (including phenoxy) is 2. The average molecular weight is 366 g/mol. The number of fused-ring (bicyclic) bond motifs is 2. The van der Waals surface area contributed by atoms with Crippen molar-refractivity contribution in [2.24, 2.45) is 0 Å². The third-order valence-corrected chi connectivity index (χ3v) is 5.86. The first-order valence-electron chi connectivity index (χ1n) is 9.55. The van der Waals surface area contributed by atoms with Gasteiger partial charge in [-0.1, -0.05) is 42.5 Å². The summed E-state index contributed by atoms with van der Waals surface area (Å²) in [6.07, 6.45) is 1.95. The fourth-order valence-electron chi connectivity index (χ4n) is 4.68. The molecule has 27 heavy (non-hydrogen) atoms. The molecule has 0 bridgehead atoms. The van der Waals surface area contributed by atoms with Gasteiger partial charge in [-0.2, -0.15) is 0 Å². The zero-order valence-electron chi connectivity index (χ0n) is 15.6. The van der Waals surface area contributed by atoms with E-state index in [9.17, 15) is 4.79 Å². The molecule has 5 nitrogen and oxygen atoms in total. The number of nitrogens with one attached hydrogen (secondary N) is 2. The first-order chi connectivity index (χ1) is 13.2. The molecule has 1 spiro atoms. The number of para-hydroxylation sites is 1. The highest BCUT2D eigenvalue weighted by Gasteiger charge is 2.53. The summed E-state index contributed by atoms with van der Waals surface area (Å²) in [6.45, 7) is 1.92. The Bertz CT molecular complexity index is 787. The number of methoxy groups -OCH3 is 1. The van der Waals surface area contributed by atoms with E-state index >= 15 is 0 Å². The van der Waals surface area contributed by atoms with Crippen molar-refractivity contribution in [3.8, 4) is 5.75 Å². The van der Waals surface area contributed by atoms with Gasteiger partial charge in [0, 0.05) is 12.5 Å². The van der Waals surface area contributed by atoms with Gasteiger partial charge in [-0.05, 0) is 49.2 Å². The molecule has 2 aliphatic rings. The van der Waals surface area contributed by atoms with E-state index in [4.69, 9.17) is 9.47 Å². The Balaban J connectivity index is 1.53. The minimum absolute atomic E-state index is 0.00628. The van der Waals surface area contributed by atoms with Gasteiger partial charge in [-0.15, -0.1) is 0 Å². The highest BCUT2D eigenvalue weighted by atomic mass is 16.5. The number of carbonyl (C=O) groups is 1. The lowest BCUT2D eigenvalue weighted by Gasteiger charge is -2.40. The van der Waals surface area contributed by atoms with Gasteiger partial charge in [0.05, 0.1) is 12.1 Å². The smallest absolute Gasteiger partial charge is 0.258 e. The van der Waals surface area contributed by atoms with E-state index in [1.165, 1.54) is 11.1 Å². The van der Waals surface area contributed by atoms with Crippen molar-refractivity contribution in [1.29, 1.82) is 0 Å². The van der Waals surface area contributed by atoms with E-state index in [0.717, 1.165) is 25.9 Å². The normalized spacial score (nSPS) is 23.0. The number of carbonyl (C=O) groups excluding carboxylic acids is 1. The largest absolute Gasteiger partial charge is 0.484 e.